The third-order valence-electron chi connectivity index (χ3n) is 13.9. The van der Waals surface area contributed by atoms with E-state index in [4.69, 9.17) is 4.42 Å². The first-order chi connectivity index (χ1) is 28.7. The molecule has 0 amide bonds. The molecule has 1 N–H and O–H groups in total. The third-order valence-corrected chi connectivity index (χ3v) is 13.9. The minimum Gasteiger partial charge on any atom is -0.469 e. The number of aromatic nitrogens is 1. The van der Waals surface area contributed by atoms with Crippen LogP contribution in [0.4, 0.5) is 11.4 Å². The number of nitrogens with zero attached hydrogens (tertiary/aromatic N) is 1. The molecule has 1 aliphatic carbocycles. The molecular formula is C55H51BN2O. The molecule has 0 saturated heterocycles. The van der Waals surface area contributed by atoms with Crippen LogP contribution in [0.15, 0.2) is 138 Å². The Kier molecular flexibility index (Phi) is 8.28. The van der Waals surface area contributed by atoms with Gasteiger partial charge in [0.25, 0.3) is 0 Å². The van der Waals surface area contributed by atoms with E-state index in [1.807, 2.05) is 0 Å². The largest absolute Gasteiger partial charge is 0.469 e. The molecule has 290 valence electrons. The number of hydrogen-bond donors (Lipinski definition) is 1. The quantitative estimate of drug-likeness (QED) is 0.123. The standard InChI is InChI=1S/C55H51BN2O/c1-6-7-9-16-34-23-25-38(26-24-34)57-46-22-15-14-21-39(46)41-31-40(35-17-10-8-11-18-35)49-42-29-36-19-12-13-20-37(36)30-47(42)58-51-43-32-44-45(55(4,5)28-27-54(44,2)3)33-48(43)59-53(51)56-50(41)52(49)58/h8,10-15,17-26,29-33,56-57H,6-7,9,16,27-28H2,1-5H3. The Morgan fingerprint density at radius 2 is 1.36 bits per heavy atom. The Balaban J connectivity index is 1.20. The molecule has 3 nitrogen and oxygen atoms in total. The Labute approximate surface area is 348 Å². The van der Waals surface area contributed by atoms with Crippen LogP contribution in [0.5, 0.6) is 0 Å². The van der Waals surface area contributed by atoms with Gasteiger partial charge in [0.2, 0.25) is 7.28 Å². The van der Waals surface area contributed by atoms with Crippen LogP contribution in [-0.2, 0) is 17.3 Å². The predicted molar refractivity (Wildman–Crippen MR) is 254 cm³/mol. The van der Waals surface area contributed by atoms with Crippen molar-refractivity contribution in [3.63, 3.8) is 0 Å². The van der Waals surface area contributed by atoms with Crippen LogP contribution in [-0.4, -0.2) is 11.8 Å². The Morgan fingerprint density at radius 3 is 2.12 bits per heavy atom. The van der Waals surface area contributed by atoms with Crippen molar-refractivity contribution in [2.75, 3.05) is 5.32 Å². The van der Waals surface area contributed by atoms with Crippen molar-refractivity contribution in [3.8, 4) is 27.9 Å². The second-order valence-electron chi connectivity index (χ2n) is 18.6. The summed E-state index contributed by atoms with van der Waals surface area (Å²) >= 11 is 0. The molecule has 0 unspecified atom stereocenters. The van der Waals surface area contributed by atoms with E-state index in [9.17, 15) is 0 Å². The normalized spacial score (nSPS) is 15.1. The van der Waals surface area contributed by atoms with E-state index in [1.165, 1.54) is 120 Å². The molecule has 11 rings (SSSR count). The minimum atomic E-state index is 0.0831. The SMILES string of the molecule is CCCCCc1ccc(Nc2ccccc2-c2cc(-c3ccccc3)c3c4cc5ccccc5cc4n4c3c2Bc2oc3cc5c(cc3c2-4)C(C)(C)CCC5(C)C)cc1. The number of aryl methyl sites for hydroxylation is 1. The molecule has 0 saturated carbocycles. The van der Waals surface area contributed by atoms with E-state index in [0.717, 1.165) is 29.0 Å². The van der Waals surface area contributed by atoms with Gasteiger partial charge in [-0.15, -0.1) is 0 Å². The van der Waals surface area contributed by atoms with E-state index in [1.54, 1.807) is 0 Å². The summed E-state index contributed by atoms with van der Waals surface area (Å²) in [6, 6.07) is 50.0. The molecule has 0 fully saturated rings. The van der Waals surface area contributed by atoms with Crippen LogP contribution in [0.2, 0.25) is 0 Å². The van der Waals surface area contributed by atoms with Gasteiger partial charge in [-0.3, -0.25) is 0 Å². The van der Waals surface area contributed by atoms with E-state index >= 15 is 0 Å². The fraction of sp³-hybridized carbons (Fsp3) is 0.236. The van der Waals surface area contributed by atoms with E-state index < -0.39 is 0 Å². The molecule has 3 heterocycles. The van der Waals surface area contributed by atoms with Crippen LogP contribution in [0.3, 0.4) is 0 Å². The van der Waals surface area contributed by atoms with Crippen molar-refractivity contribution in [1.82, 2.24) is 4.57 Å². The zero-order chi connectivity index (χ0) is 40.0. The van der Waals surface area contributed by atoms with Crippen LogP contribution in [0.25, 0.3) is 71.5 Å². The lowest BCUT2D eigenvalue weighted by atomic mass is 9.61. The second-order valence-corrected chi connectivity index (χ2v) is 18.6. The predicted octanol–water partition coefficient (Wildman–Crippen LogP) is 13.5. The maximum Gasteiger partial charge on any atom is 0.244 e. The number of para-hydroxylation sites is 1. The van der Waals surface area contributed by atoms with Crippen molar-refractivity contribution in [3.05, 3.63) is 150 Å². The first-order valence-corrected chi connectivity index (χ1v) is 21.8. The summed E-state index contributed by atoms with van der Waals surface area (Å²) in [6.45, 7) is 11.9. The molecule has 4 heteroatoms. The molecule has 0 spiro atoms. The van der Waals surface area contributed by atoms with Gasteiger partial charge in [0.1, 0.15) is 5.58 Å². The molecule has 0 radical (unpaired) electrons. The summed E-state index contributed by atoms with van der Waals surface area (Å²) < 4.78 is 9.74. The Morgan fingerprint density at radius 1 is 0.661 bits per heavy atom. The molecule has 9 aromatic rings. The van der Waals surface area contributed by atoms with Crippen molar-refractivity contribution in [2.45, 2.75) is 84.0 Å². The van der Waals surface area contributed by atoms with Crippen LogP contribution in [0, 0.1) is 0 Å². The van der Waals surface area contributed by atoms with Gasteiger partial charge in [-0.05, 0) is 135 Å². The van der Waals surface area contributed by atoms with Gasteiger partial charge in [0, 0.05) is 33.1 Å². The van der Waals surface area contributed by atoms with Crippen molar-refractivity contribution in [1.29, 1.82) is 0 Å². The highest BCUT2D eigenvalue weighted by Gasteiger charge is 2.39. The summed E-state index contributed by atoms with van der Waals surface area (Å²) in [7, 11) is 0.707. The van der Waals surface area contributed by atoms with Gasteiger partial charge in [-0.2, -0.15) is 0 Å². The van der Waals surface area contributed by atoms with Crippen LogP contribution >= 0.6 is 0 Å². The summed E-state index contributed by atoms with van der Waals surface area (Å²) in [6.07, 6.45) is 7.21. The van der Waals surface area contributed by atoms with Crippen LogP contribution < -0.4 is 16.4 Å². The number of unbranched alkanes of at least 4 members (excludes halogenated alkanes) is 2. The monoisotopic (exact) mass is 766 g/mol. The van der Waals surface area contributed by atoms with E-state index in [2.05, 4.69) is 178 Å². The molecule has 1 aliphatic heterocycles. The number of nitrogens with one attached hydrogen (secondary N) is 1. The molecular weight excluding hydrogens is 715 g/mol. The lowest BCUT2D eigenvalue weighted by molar-refractivity contribution is 0.332. The maximum absolute atomic E-state index is 7.15. The minimum absolute atomic E-state index is 0.0831. The number of rotatable bonds is 8. The van der Waals surface area contributed by atoms with E-state index in [-0.39, 0.29) is 10.8 Å². The average molecular weight is 767 g/mol. The highest BCUT2D eigenvalue weighted by atomic mass is 16.3. The molecule has 0 bridgehead atoms. The number of fused-ring (bicyclic) bond motifs is 9. The van der Waals surface area contributed by atoms with Crippen LogP contribution in [0.1, 0.15) is 83.4 Å². The Hall–Kier alpha value is -6.00. The summed E-state index contributed by atoms with van der Waals surface area (Å²) in [4.78, 5) is 0. The highest BCUT2D eigenvalue weighted by Crippen LogP contribution is 2.49. The molecule has 2 aliphatic rings. The Bertz CT molecular complexity index is 3110. The smallest absolute Gasteiger partial charge is 0.244 e. The molecule has 0 atom stereocenters. The third kappa shape index (κ3) is 5.78. The van der Waals surface area contributed by atoms with Gasteiger partial charge in [-0.25, -0.2) is 0 Å². The maximum atomic E-state index is 7.15. The lowest BCUT2D eigenvalue weighted by Crippen LogP contribution is -2.36. The molecule has 59 heavy (non-hydrogen) atoms. The molecule has 7 aromatic carbocycles. The molecule has 2 aromatic heterocycles. The van der Waals surface area contributed by atoms with Crippen molar-refractivity contribution in [2.24, 2.45) is 0 Å². The summed E-state index contributed by atoms with van der Waals surface area (Å²) in [5.41, 5.74) is 18.6. The summed E-state index contributed by atoms with van der Waals surface area (Å²) in [5.74, 6) is 0. The summed E-state index contributed by atoms with van der Waals surface area (Å²) in [5, 5.41) is 10.2. The highest BCUT2D eigenvalue weighted by molar-refractivity contribution is 6.73. The van der Waals surface area contributed by atoms with E-state index in [0.29, 0.717) is 7.28 Å². The van der Waals surface area contributed by atoms with Crippen molar-refractivity contribution < 1.29 is 4.42 Å². The van der Waals surface area contributed by atoms with Gasteiger partial charge < -0.3 is 14.3 Å². The first kappa shape index (κ1) is 36.1. The number of benzene rings is 7. The lowest BCUT2D eigenvalue weighted by Gasteiger charge is -2.41. The number of furan rings is 1. The first-order valence-electron chi connectivity index (χ1n) is 21.8. The fourth-order valence-electron chi connectivity index (χ4n) is 10.5. The number of anilines is 2. The van der Waals surface area contributed by atoms with Gasteiger partial charge in [-0.1, -0.05) is 132 Å². The average Bonchev–Trinajstić information content (AvgIpc) is 3.78. The zero-order valence-electron chi connectivity index (χ0n) is 35.0. The second kappa shape index (κ2) is 13.5. The zero-order valence-corrected chi connectivity index (χ0v) is 35.0. The van der Waals surface area contributed by atoms with Crippen molar-refractivity contribution >= 4 is 73.3 Å². The van der Waals surface area contributed by atoms with Gasteiger partial charge >= 0.3 is 0 Å². The number of hydrogen-bond acceptors (Lipinski definition) is 2. The topological polar surface area (TPSA) is 30.1 Å². The van der Waals surface area contributed by atoms with Gasteiger partial charge in [0.05, 0.1) is 22.4 Å². The van der Waals surface area contributed by atoms with Gasteiger partial charge in [0.15, 0.2) is 0 Å². The fourth-order valence-corrected chi connectivity index (χ4v) is 10.5.